The molecule has 0 fully saturated rings. The molecule has 23 heavy (non-hydrogen) atoms. The maximum atomic E-state index is 12.3. The van der Waals surface area contributed by atoms with E-state index in [9.17, 15) is 18.0 Å². The molecule has 0 aromatic heterocycles. The van der Waals surface area contributed by atoms with Gasteiger partial charge >= 0.3 is 0 Å². The number of amides is 2. The maximum absolute atomic E-state index is 12.3. The largest absolute Gasteiger partial charge is 0.379 e. The van der Waals surface area contributed by atoms with Gasteiger partial charge in [0.15, 0.2) is 0 Å². The van der Waals surface area contributed by atoms with Crippen LogP contribution in [0.5, 0.6) is 0 Å². The van der Waals surface area contributed by atoms with Crippen LogP contribution in [0.15, 0.2) is 29.2 Å². The van der Waals surface area contributed by atoms with E-state index in [1.165, 1.54) is 12.1 Å². The fraction of sp³-hybridized carbons (Fsp3) is 0.467. The molecule has 1 aliphatic heterocycles. The van der Waals surface area contributed by atoms with Crippen molar-refractivity contribution in [3.8, 4) is 0 Å². The van der Waals surface area contributed by atoms with Gasteiger partial charge in [0.1, 0.15) is 11.4 Å². The number of nitrogens with zero attached hydrogens (tertiary/aromatic N) is 1. The van der Waals surface area contributed by atoms with Crippen LogP contribution < -0.4 is 5.32 Å². The summed E-state index contributed by atoms with van der Waals surface area (Å²) < 4.78 is 30.5. The summed E-state index contributed by atoms with van der Waals surface area (Å²) in [6.07, 6.45) is 0.738. The smallest absolute Gasteiger partial charge is 0.269 e. The Hall–Kier alpha value is -1.93. The van der Waals surface area contributed by atoms with Crippen molar-refractivity contribution >= 4 is 21.8 Å². The second-order valence-electron chi connectivity index (χ2n) is 5.44. The zero-order valence-electron chi connectivity index (χ0n) is 13.1. The summed E-state index contributed by atoms with van der Waals surface area (Å²) in [5.74, 6) is -1.18. The fourth-order valence-corrected chi connectivity index (χ4v) is 3.72. The van der Waals surface area contributed by atoms with Crippen LogP contribution in [0.1, 0.15) is 30.6 Å². The summed E-state index contributed by atoms with van der Waals surface area (Å²) in [5, 5.41) is 2.59. The molecule has 1 aromatic rings. The lowest BCUT2D eigenvalue weighted by Crippen LogP contribution is -2.40. The van der Waals surface area contributed by atoms with Crippen molar-refractivity contribution in [1.29, 1.82) is 0 Å². The lowest BCUT2D eigenvalue weighted by atomic mass is 10.2. The van der Waals surface area contributed by atoms with Crippen LogP contribution in [0.4, 0.5) is 0 Å². The third kappa shape index (κ3) is 3.89. The lowest BCUT2D eigenvalue weighted by Gasteiger charge is -2.15. The van der Waals surface area contributed by atoms with Gasteiger partial charge in [0.2, 0.25) is 5.91 Å². The third-order valence-electron chi connectivity index (χ3n) is 3.29. The van der Waals surface area contributed by atoms with Gasteiger partial charge in [-0.05, 0) is 32.4 Å². The number of fused-ring (bicyclic) bond motifs is 1. The highest BCUT2D eigenvalue weighted by Gasteiger charge is 2.41. The molecule has 1 aliphatic rings. The monoisotopic (exact) mass is 340 g/mol. The van der Waals surface area contributed by atoms with E-state index in [1.807, 2.05) is 13.8 Å². The Labute approximate surface area is 135 Å². The molecule has 0 bridgehead atoms. The molecule has 1 heterocycles. The molecule has 0 spiro atoms. The number of hydrogen-bond donors (Lipinski definition) is 1. The summed E-state index contributed by atoms with van der Waals surface area (Å²) in [4.78, 5) is 24.0. The first-order chi connectivity index (χ1) is 10.8. The van der Waals surface area contributed by atoms with Crippen molar-refractivity contribution in [3.05, 3.63) is 29.8 Å². The Morgan fingerprint density at radius 3 is 2.65 bits per heavy atom. The molecule has 126 valence electrons. The quantitative estimate of drug-likeness (QED) is 0.740. The zero-order valence-corrected chi connectivity index (χ0v) is 13.9. The fourth-order valence-electron chi connectivity index (χ4n) is 2.19. The molecule has 0 radical (unpaired) electrons. The molecule has 1 N–H and O–H groups in total. The first-order valence-electron chi connectivity index (χ1n) is 7.38. The molecule has 7 nitrogen and oxygen atoms in total. The molecular weight excluding hydrogens is 320 g/mol. The number of carbonyl (C=O) groups excluding carboxylic acids is 2. The molecule has 0 saturated heterocycles. The first kappa shape index (κ1) is 17.4. The number of hydrogen-bond acceptors (Lipinski definition) is 5. The van der Waals surface area contributed by atoms with Crippen molar-refractivity contribution in [2.24, 2.45) is 0 Å². The second-order valence-corrected chi connectivity index (χ2v) is 7.27. The predicted molar refractivity (Wildman–Crippen MR) is 83.4 cm³/mol. The minimum atomic E-state index is -3.94. The highest BCUT2D eigenvalue weighted by atomic mass is 32.2. The van der Waals surface area contributed by atoms with Gasteiger partial charge in [0.25, 0.3) is 15.9 Å². The van der Waals surface area contributed by atoms with Gasteiger partial charge in [-0.2, -0.15) is 0 Å². The SMILES string of the molecule is CC(C)OCCCNC(=O)CN1C(=O)c2ccccc2S1(=O)=O. The second kappa shape index (κ2) is 7.10. The van der Waals surface area contributed by atoms with Gasteiger partial charge in [0, 0.05) is 13.2 Å². The van der Waals surface area contributed by atoms with Crippen LogP contribution in [0.25, 0.3) is 0 Å². The van der Waals surface area contributed by atoms with Crippen LogP contribution >= 0.6 is 0 Å². The van der Waals surface area contributed by atoms with Gasteiger partial charge in [-0.15, -0.1) is 0 Å². The van der Waals surface area contributed by atoms with Crippen molar-refractivity contribution in [1.82, 2.24) is 9.62 Å². The summed E-state index contributed by atoms with van der Waals surface area (Å²) in [6, 6.07) is 5.94. The summed E-state index contributed by atoms with van der Waals surface area (Å²) in [7, 11) is -3.94. The highest BCUT2D eigenvalue weighted by molar-refractivity contribution is 7.90. The standard InChI is InChI=1S/C15H20N2O5S/c1-11(2)22-9-5-8-16-14(18)10-17-15(19)12-6-3-4-7-13(12)23(17,20)21/h3-4,6-7,11H,5,8-10H2,1-2H3,(H,16,18). The van der Waals surface area contributed by atoms with E-state index in [1.54, 1.807) is 12.1 Å². The van der Waals surface area contributed by atoms with Gasteiger partial charge in [-0.3, -0.25) is 9.59 Å². The minimum absolute atomic E-state index is 0.0527. The van der Waals surface area contributed by atoms with Gasteiger partial charge in [-0.1, -0.05) is 12.1 Å². The molecule has 0 saturated carbocycles. The Kier molecular flexibility index (Phi) is 5.38. The molecule has 8 heteroatoms. The molecule has 2 rings (SSSR count). The van der Waals surface area contributed by atoms with Gasteiger partial charge in [-0.25, -0.2) is 12.7 Å². The van der Waals surface area contributed by atoms with Crippen LogP contribution in [0.2, 0.25) is 0 Å². The Balaban J connectivity index is 1.91. The molecule has 0 atom stereocenters. The summed E-state index contributed by atoms with van der Waals surface area (Å²) in [5.41, 5.74) is 0.102. The maximum Gasteiger partial charge on any atom is 0.269 e. The van der Waals surface area contributed by atoms with Crippen LogP contribution in [-0.4, -0.2) is 50.3 Å². The van der Waals surface area contributed by atoms with Crippen molar-refractivity contribution in [3.63, 3.8) is 0 Å². The average Bonchev–Trinajstić information content (AvgIpc) is 2.68. The van der Waals surface area contributed by atoms with Gasteiger partial charge < -0.3 is 10.1 Å². The number of sulfonamides is 1. The zero-order chi connectivity index (χ0) is 17.0. The van der Waals surface area contributed by atoms with Crippen LogP contribution in [-0.2, 0) is 19.6 Å². The van der Waals surface area contributed by atoms with E-state index in [2.05, 4.69) is 5.32 Å². The highest BCUT2D eigenvalue weighted by Crippen LogP contribution is 2.29. The average molecular weight is 340 g/mol. The molecule has 0 aliphatic carbocycles. The predicted octanol–water partition coefficient (Wildman–Crippen LogP) is 0.762. The molecule has 2 amide bonds. The van der Waals surface area contributed by atoms with E-state index >= 15 is 0 Å². The molecule has 1 aromatic carbocycles. The van der Waals surface area contributed by atoms with Crippen molar-refractivity contribution in [2.75, 3.05) is 19.7 Å². The van der Waals surface area contributed by atoms with Gasteiger partial charge in [0.05, 0.1) is 11.7 Å². The Morgan fingerprint density at radius 2 is 2.00 bits per heavy atom. The van der Waals surface area contributed by atoms with Crippen LogP contribution in [0, 0.1) is 0 Å². The summed E-state index contributed by atoms with van der Waals surface area (Å²) >= 11 is 0. The number of nitrogens with one attached hydrogen (secondary N) is 1. The molecule has 0 unspecified atom stereocenters. The van der Waals surface area contributed by atoms with E-state index in [0.29, 0.717) is 23.9 Å². The number of rotatable bonds is 7. The Bertz CT molecular complexity index is 700. The summed E-state index contributed by atoms with van der Waals surface area (Å²) in [6.45, 7) is 4.19. The number of carbonyl (C=O) groups is 2. The van der Waals surface area contributed by atoms with E-state index in [4.69, 9.17) is 4.74 Å². The van der Waals surface area contributed by atoms with E-state index in [-0.39, 0.29) is 16.6 Å². The minimum Gasteiger partial charge on any atom is -0.379 e. The third-order valence-corrected chi connectivity index (χ3v) is 5.08. The topological polar surface area (TPSA) is 92.8 Å². The lowest BCUT2D eigenvalue weighted by molar-refractivity contribution is -0.121. The van der Waals surface area contributed by atoms with E-state index < -0.39 is 28.4 Å². The molecular formula is C15H20N2O5S. The van der Waals surface area contributed by atoms with Crippen molar-refractivity contribution < 1.29 is 22.7 Å². The van der Waals surface area contributed by atoms with Crippen molar-refractivity contribution in [2.45, 2.75) is 31.3 Å². The number of ether oxygens (including phenoxy) is 1. The Morgan fingerprint density at radius 1 is 1.30 bits per heavy atom. The van der Waals surface area contributed by atoms with E-state index in [0.717, 1.165) is 0 Å². The van der Waals surface area contributed by atoms with Crippen LogP contribution in [0.3, 0.4) is 0 Å². The normalized spacial score (nSPS) is 15.8. The first-order valence-corrected chi connectivity index (χ1v) is 8.82. The number of benzene rings is 1.